The van der Waals surface area contributed by atoms with E-state index in [9.17, 15) is 0 Å². The smallest absolute Gasteiger partial charge is 0.0734 e. The number of para-hydroxylation sites is 1. The highest BCUT2D eigenvalue weighted by atomic mass is 15.3. The third-order valence-corrected chi connectivity index (χ3v) is 4.21. The van der Waals surface area contributed by atoms with Gasteiger partial charge in [-0.05, 0) is 45.4 Å². The molecule has 4 nitrogen and oxygen atoms in total. The molecule has 0 aliphatic carbocycles. The van der Waals surface area contributed by atoms with Crippen molar-refractivity contribution >= 4 is 10.9 Å². The van der Waals surface area contributed by atoms with Crippen LogP contribution in [0.2, 0.25) is 0 Å². The van der Waals surface area contributed by atoms with Gasteiger partial charge in [-0.3, -0.25) is 9.67 Å². The van der Waals surface area contributed by atoms with Crippen LogP contribution in [0.3, 0.4) is 0 Å². The molecule has 3 aromatic rings. The molecule has 0 radical (unpaired) electrons. The first-order chi connectivity index (χ1) is 11.1. The number of rotatable bonds is 6. The van der Waals surface area contributed by atoms with E-state index >= 15 is 0 Å². The van der Waals surface area contributed by atoms with Crippen molar-refractivity contribution in [2.75, 3.05) is 6.54 Å². The van der Waals surface area contributed by atoms with E-state index in [0.29, 0.717) is 12.1 Å². The maximum absolute atomic E-state index is 4.52. The second kappa shape index (κ2) is 6.92. The zero-order chi connectivity index (χ0) is 16.2. The Bertz CT molecular complexity index is 770. The van der Waals surface area contributed by atoms with Crippen LogP contribution in [0.1, 0.15) is 44.0 Å². The van der Waals surface area contributed by atoms with Gasteiger partial charge in [-0.15, -0.1) is 0 Å². The van der Waals surface area contributed by atoms with Gasteiger partial charge in [0, 0.05) is 35.4 Å². The maximum atomic E-state index is 4.52. The fraction of sp³-hybridized carbons (Fsp3) is 0.368. The van der Waals surface area contributed by atoms with Gasteiger partial charge < -0.3 is 5.32 Å². The van der Waals surface area contributed by atoms with Crippen LogP contribution in [0.4, 0.5) is 0 Å². The van der Waals surface area contributed by atoms with Crippen LogP contribution in [-0.2, 0) is 6.42 Å². The fourth-order valence-corrected chi connectivity index (χ4v) is 2.77. The lowest BCUT2D eigenvalue weighted by Crippen LogP contribution is -2.21. The van der Waals surface area contributed by atoms with Crippen molar-refractivity contribution in [3.05, 3.63) is 60.0 Å². The predicted octanol–water partition coefficient (Wildman–Crippen LogP) is 3.91. The lowest BCUT2D eigenvalue weighted by Gasteiger charge is -2.13. The Hall–Kier alpha value is -2.20. The van der Waals surface area contributed by atoms with Gasteiger partial charge >= 0.3 is 0 Å². The molecule has 1 aromatic carbocycles. The van der Waals surface area contributed by atoms with Gasteiger partial charge in [-0.2, -0.15) is 5.10 Å². The third-order valence-electron chi connectivity index (χ3n) is 4.21. The Morgan fingerprint density at radius 3 is 2.74 bits per heavy atom. The minimum Gasteiger partial charge on any atom is -0.310 e. The average Bonchev–Trinajstić information content (AvgIpc) is 3.05. The van der Waals surface area contributed by atoms with E-state index in [0.717, 1.165) is 18.5 Å². The van der Waals surface area contributed by atoms with E-state index in [-0.39, 0.29) is 0 Å². The summed E-state index contributed by atoms with van der Waals surface area (Å²) in [6.45, 7) is 7.39. The third kappa shape index (κ3) is 3.59. The summed E-state index contributed by atoms with van der Waals surface area (Å²) in [4.78, 5) is 4.52. The Balaban J connectivity index is 1.62. The summed E-state index contributed by atoms with van der Waals surface area (Å²) in [6.07, 6.45) is 6.91. The van der Waals surface area contributed by atoms with Crippen LogP contribution in [0, 0.1) is 0 Å². The Kier molecular flexibility index (Phi) is 4.72. The largest absolute Gasteiger partial charge is 0.310 e. The molecule has 120 valence electrons. The molecule has 0 aliphatic heterocycles. The SMILES string of the molecule is CC(C)n1cc([C@H](C)NCCc2cccc3cccnc23)cn1. The van der Waals surface area contributed by atoms with E-state index in [2.05, 4.69) is 66.6 Å². The molecule has 0 saturated carbocycles. The number of fused-ring (bicyclic) bond motifs is 1. The van der Waals surface area contributed by atoms with Crippen molar-refractivity contribution < 1.29 is 0 Å². The summed E-state index contributed by atoms with van der Waals surface area (Å²) < 4.78 is 2.00. The number of benzene rings is 1. The Morgan fingerprint density at radius 2 is 1.96 bits per heavy atom. The van der Waals surface area contributed by atoms with Crippen molar-refractivity contribution in [2.24, 2.45) is 0 Å². The summed E-state index contributed by atoms with van der Waals surface area (Å²) in [5.74, 6) is 0. The van der Waals surface area contributed by atoms with E-state index in [4.69, 9.17) is 0 Å². The topological polar surface area (TPSA) is 42.7 Å². The molecule has 23 heavy (non-hydrogen) atoms. The summed E-state index contributed by atoms with van der Waals surface area (Å²) in [5.41, 5.74) is 3.63. The number of nitrogens with zero attached hydrogens (tertiary/aromatic N) is 3. The first-order valence-corrected chi connectivity index (χ1v) is 8.25. The highest BCUT2D eigenvalue weighted by Crippen LogP contribution is 2.17. The molecule has 0 bridgehead atoms. The zero-order valence-corrected chi connectivity index (χ0v) is 14.0. The van der Waals surface area contributed by atoms with Crippen molar-refractivity contribution in [3.63, 3.8) is 0 Å². The van der Waals surface area contributed by atoms with Crippen molar-refractivity contribution in [1.29, 1.82) is 0 Å². The van der Waals surface area contributed by atoms with E-state index < -0.39 is 0 Å². The second-order valence-corrected chi connectivity index (χ2v) is 6.27. The summed E-state index contributed by atoms with van der Waals surface area (Å²) in [5, 5.41) is 9.20. The van der Waals surface area contributed by atoms with Gasteiger partial charge in [-0.25, -0.2) is 0 Å². The monoisotopic (exact) mass is 308 g/mol. The second-order valence-electron chi connectivity index (χ2n) is 6.27. The molecule has 0 fully saturated rings. The minimum atomic E-state index is 0.297. The van der Waals surface area contributed by atoms with Crippen LogP contribution in [0.25, 0.3) is 10.9 Å². The van der Waals surface area contributed by atoms with Crippen LogP contribution in [0.15, 0.2) is 48.9 Å². The van der Waals surface area contributed by atoms with Crippen LogP contribution < -0.4 is 5.32 Å². The lowest BCUT2D eigenvalue weighted by atomic mass is 10.1. The summed E-state index contributed by atoms with van der Waals surface area (Å²) >= 11 is 0. The molecule has 3 rings (SSSR count). The van der Waals surface area contributed by atoms with E-state index in [1.54, 1.807) is 0 Å². The van der Waals surface area contributed by atoms with Gasteiger partial charge in [-0.1, -0.05) is 24.3 Å². The highest BCUT2D eigenvalue weighted by molar-refractivity contribution is 5.81. The number of aromatic nitrogens is 3. The first-order valence-electron chi connectivity index (χ1n) is 8.25. The highest BCUT2D eigenvalue weighted by Gasteiger charge is 2.09. The molecule has 0 spiro atoms. The number of hydrogen-bond acceptors (Lipinski definition) is 3. The predicted molar refractivity (Wildman–Crippen MR) is 94.5 cm³/mol. The molecule has 0 amide bonds. The van der Waals surface area contributed by atoms with Crippen molar-refractivity contribution in [1.82, 2.24) is 20.1 Å². The van der Waals surface area contributed by atoms with Crippen molar-refractivity contribution in [2.45, 2.75) is 39.3 Å². The van der Waals surface area contributed by atoms with Crippen LogP contribution in [0.5, 0.6) is 0 Å². The van der Waals surface area contributed by atoms with Gasteiger partial charge in [0.2, 0.25) is 0 Å². The van der Waals surface area contributed by atoms with Crippen LogP contribution in [-0.4, -0.2) is 21.3 Å². The van der Waals surface area contributed by atoms with Gasteiger partial charge in [0.25, 0.3) is 0 Å². The molecule has 0 aliphatic rings. The van der Waals surface area contributed by atoms with Crippen molar-refractivity contribution in [3.8, 4) is 0 Å². The molecule has 2 heterocycles. The van der Waals surface area contributed by atoms with Gasteiger partial charge in [0.15, 0.2) is 0 Å². The van der Waals surface area contributed by atoms with E-state index in [1.807, 2.05) is 23.1 Å². The minimum absolute atomic E-state index is 0.297. The summed E-state index contributed by atoms with van der Waals surface area (Å²) in [7, 11) is 0. The molecule has 0 unspecified atom stereocenters. The molecular weight excluding hydrogens is 284 g/mol. The average molecular weight is 308 g/mol. The lowest BCUT2D eigenvalue weighted by molar-refractivity contribution is 0.529. The molecule has 1 N–H and O–H groups in total. The fourth-order valence-electron chi connectivity index (χ4n) is 2.77. The quantitative estimate of drug-likeness (QED) is 0.751. The number of pyridine rings is 1. The Morgan fingerprint density at radius 1 is 1.13 bits per heavy atom. The first kappa shape index (κ1) is 15.7. The number of hydrogen-bond donors (Lipinski definition) is 1. The molecule has 0 saturated heterocycles. The summed E-state index contributed by atoms with van der Waals surface area (Å²) in [6, 6.07) is 11.2. The normalized spacial score (nSPS) is 12.9. The zero-order valence-electron chi connectivity index (χ0n) is 14.0. The number of nitrogens with one attached hydrogen (secondary N) is 1. The maximum Gasteiger partial charge on any atom is 0.0734 e. The van der Waals surface area contributed by atoms with Gasteiger partial charge in [0.1, 0.15) is 0 Å². The Labute approximate surface area is 137 Å². The van der Waals surface area contributed by atoms with E-state index in [1.165, 1.54) is 16.5 Å². The molecule has 1 atom stereocenters. The van der Waals surface area contributed by atoms with Crippen LogP contribution >= 0.6 is 0 Å². The molecular formula is C19H24N4. The van der Waals surface area contributed by atoms with Gasteiger partial charge in [0.05, 0.1) is 11.7 Å². The molecule has 4 heteroatoms. The standard InChI is InChI=1S/C19H24N4/c1-14(2)23-13-18(12-22-23)15(3)20-11-9-17-7-4-6-16-8-5-10-21-19(16)17/h4-8,10,12-15,20H,9,11H2,1-3H3/t15-/m0/s1. The molecule has 2 aromatic heterocycles.